The van der Waals surface area contributed by atoms with Crippen molar-refractivity contribution < 1.29 is 9.53 Å². The van der Waals surface area contributed by atoms with Gasteiger partial charge >= 0.3 is 5.97 Å². The van der Waals surface area contributed by atoms with Gasteiger partial charge in [0, 0.05) is 6.42 Å². The average molecular weight is 815 g/mol. The van der Waals surface area contributed by atoms with Crippen LogP contribution in [0.15, 0.2) is 12.2 Å². The van der Waals surface area contributed by atoms with Crippen molar-refractivity contribution in [2.75, 3.05) is 6.61 Å². The summed E-state index contributed by atoms with van der Waals surface area (Å²) in [4.78, 5) is 12.0. The summed E-state index contributed by atoms with van der Waals surface area (Å²) in [6.07, 6.45) is 74.0. The molecule has 58 heavy (non-hydrogen) atoms. The first kappa shape index (κ1) is 57.2. The van der Waals surface area contributed by atoms with Gasteiger partial charge in [0.15, 0.2) is 0 Å². The van der Waals surface area contributed by atoms with Gasteiger partial charge in [0.05, 0.1) is 6.61 Å². The van der Waals surface area contributed by atoms with Crippen molar-refractivity contribution in [1.29, 1.82) is 0 Å². The van der Waals surface area contributed by atoms with Crippen LogP contribution in [-0.2, 0) is 9.53 Å². The highest BCUT2D eigenvalue weighted by molar-refractivity contribution is 5.69. The van der Waals surface area contributed by atoms with Gasteiger partial charge in [0.1, 0.15) is 0 Å². The van der Waals surface area contributed by atoms with Crippen LogP contribution in [0.4, 0.5) is 0 Å². The maximum absolute atomic E-state index is 12.0. The van der Waals surface area contributed by atoms with Crippen LogP contribution in [0.5, 0.6) is 0 Å². The average Bonchev–Trinajstić information content (AvgIpc) is 3.23. The minimum absolute atomic E-state index is 0.0209. The van der Waals surface area contributed by atoms with Gasteiger partial charge in [-0.25, -0.2) is 0 Å². The van der Waals surface area contributed by atoms with Gasteiger partial charge in [-0.2, -0.15) is 0 Å². The quantitative estimate of drug-likeness (QED) is 0.0347. The second kappa shape index (κ2) is 54.2. The number of unbranched alkanes of at least 4 members (excludes halogenated alkanes) is 46. The fourth-order valence-electron chi connectivity index (χ4n) is 8.78. The third-order valence-electron chi connectivity index (χ3n) is 12.9. The lowest BCUT2D eigenvalue weighted by Gasteiger charge is -2.06. The normalized spacial score (nSPS) is 11.7. The molecule has 0 atom stereocenters. The summed E-state index contributed by atoms with van der Waals surface area (Å²) in [6.45, 7) is 5.21. The molecule has 0 aliphatic heterocycles. The summed E-state index contributed by atoms with van der Waals surface area (Å²) >= 11 is 0. The van der Waals surface area contributed by atoms with Gasteiger partial charge in [-0.15, -0.1) is 0 Å². The zero-order chi connectivity index (χ0) is 41.8. The summed E-state index contributed by atoms with van der Waals surface area (Å²) in [7, 11) is 0. The maximum Gasteiger partial charge on any atom is 0.305 e. The van der Waals surface area contributed by atoms with E-state index in [2.05, 4.69) is 26.0 Å². The van der Waals surface area contributed by atoms with E-state index in [1.165, 1.54) is 295 Å². The Hall–Kier alpha value is -0.790. The van der Waals surface area contributed by atoms with Gasteiger partial charge in [0.2, 0.25) is 0 Å². The Labute approximate surface area is 367 Å². The summed E-state index contributed by atoms with van der Waals surface area (Å²) in [5, 5.41) is 0. The third kappa shape index (κ3) is 53.2. The summed E-state index contributed by atoms with van der Waals surface area (Å²) in [6, 6.07) is 0. The van der Waals surface area contributed by atoms with Crippen molar-refractivity contribution in [3.8, 4) is 0 Å². The van der Waals surface area contributed by atoms with E-state index in [1.807, 2.05) is 0 Å². The molecule has 346 valence electrons. The lowest BCUT2D eigenvalue weighted by Crippen LogP contribution is -2.05. The Balaban J connectivity index is 3.13. The number of carbonyl (C=O) groups excluding carboxylic acids is 1. The van der Waals surface area contributed by atoms with Crippen molar-refractivity contribution in [2.45, 2.75) is 335 Å². The number of hydrogen-bond donors (Lipinski definition) is 0. The molecule has 0 bridgehead atoms. The molecular formula is C56H110O2. The molecule has 0 radical (unpaired) electrons. The smallest absolute Gasteiger partial charge is 0.305 e. The van der Waals surface area contributed by atoms with Crippen molar-refractivity contribution in [3.05, 3.63) is 12.2 Å². The number of rotatable bonds is 52. The molecule has 0 saturated carbocycles. The van der Waals surface area contributed by atoms with Crippen LogP contribution in [-0.4, -0.2) is 12.6 Å². The molecule has 0 heterocycles. The van der Waals surface area contributed by atoms with Crippen molar-refractivity contribution in [3.63, 3.8) is 0 Å². The molecule has 0 aliphatic rings. The lowest BCUT2D eigenvalue weighted by molar-refractivity contribution is -0.143. The number of ether oxygens (including phenoxy) is 1. The van der Waals surface area contributed by atoms with Gasteiger partial charge in [-0.3, -0.25) is 4.79 Å². The molecule has 0 aromatic rings. The van der Waals surface area contributed by atoms with E-state index in [-0.39, 0.29) is 5.97 Å². The van der Waals surface area contributed by atoms with Gasteiger partial charge in [-0.1, -0.05) is 302 Å². The fraction of sp³-hybridized carbons (Fsp3) is 0.946. The molecule has 0 spiro atoms. The van der Waals surface area contributed by atoms with Crippen LogP contribution in [0.3, 0.4) is 0 Å². The number of carbonyl (C=O) groups is 1. The second-order valence-corrected chi connectivity index (χ2v) is 18.9. The molecule has 0 unspecified atom stereocenters. The molecule has 0 fully saturated rings. The first-order valence-corrected chi connectivity index (χ1v) is 27.6. The first-order valence-electron chi connectivity index (χ1n) is 27.6. The Morgan fingerprint density at radius 3 is 0.759 bits per heavy atom. The van der Waals surface area contributed by atoms with Crippen LogP contribution < -0.4 is 0 Å². The van der Waals surface area contributed by atoms with E-state index in [0.717, 1.165) is 19.3 Å². The predicted molar refractivity (Wildman–Crippen MR) is 262 cm³/mol. The fourth-order valence-corrected chi connectivity index (χ4v) is 8.78. The van der Waals surface area contributed by atoms with Crippen molar-refractivity contribution >= 4 is 5.97 Å². The number of esters is 1. The molecule has 0 N–H and O–H groups in total. The Morgan fingerprint density at radius 1 is 0.276 bits per heavy atom. The SMILES string of the molecule is CCCCCC/C=C\CCCCCCCC(=O)OCCCCCCCCCCCCCCCCCCCCCCCCCCCCCCCCCCCCCCCC. The summed E-state index contributed by atoms with van der Waals surface area (Å²) in [5.74, 6) is 0.0209. The van der Waals surface area contributed by atoms with E-state index < -0.39 is 0 Å². The molecule has 0 rings (SSSR count). The van der Waals surface area contributed by atoms with Crippen LogP contribution in [0, 0.1) is 0 Å². The minimum Gasteiger partial charge on any atom is -0.466 e. The molecule has 0 amide bonds. The Morgan fingerprint density at radius 2 is 0.483 bits per heavy atom. The Kier molecular flexibility index (Phi) is 53.5. The van der Waals surface area contributed by atoms with E-state index in [4.69, 9.17) is 4.74 Å². The van der Waals surface area contributed by atoms with Crippen LogP contribution in [0.2, 0.25) is 0 Å². The topological polar surface area (TPSA) is 26.3 Å². The van der Waals surface area contributed by atoms with Gasteiger partial charge in [-0.05, 0) is 38.5 Å². The zero-order valence-corrected chi connectivity index (χ0v) is 40.5. The van der Waals surface area contributed by atoms with Crippen LogP contribution >= 0.6 is 0 Å². The molecular weight excluding hydrogens is 705 g/mol. The van der Waals surface area contributed by atoms with Crippen LogP contribution in [0.1, 0.15) is 335 Å². The monoisotopic (exact) mass is 815 g/mol. The molecule has 0 aliphatic carbocycles. The van der Waals surface area contributed by atoms with Crippen molar-refractivity contribution in [1.82, 2.24) is 0 Å². The standard InChI is InChI=1S/C56H110O2/c1-3-5-7-9-11-13-15-17-18-19-20-21-22-23-24-25-26-27-28-29-30-31-32-33-34-35-36-37-38-39-40-41-43-45-47-49-51-53-55-58-56(57)54-52-50-48-46-44-42-16-14-12-10-8-6-4-2/h14,16H,3-13,15,17-55H2,1-2H3/b16-14-. The highest BCUT2D eigenvalue weighted by Crippen LogP contribution is 2.18. The van der Waals surface area contributed by atoms with Gasteiger partial charge < -0.3 is 4.74 Å². The highest BCUT2D eigenvalue weighted by atomic mass is 16.5. The predicted octanol–water partition coefficient (Wildman–Crippen LogP) is 20.6. The van der Waals surface area contributed by atoms with Crippen LogP contribution in [0.25, 0.3) is 0 Å². The largest absolute Gasteiger partial charge is 0.466 e. The summed E-state index contributed by atoms with van der Waals surface area (Å²) in [5.41, 5.74) is 0. The van der Waals surface area contributed by atoms with E-state index in [0.29, 0.717) is 13.0 Å². The maximum atomic E-state index is 12.0. The van der Waals surface area contributed by atoms with E-state index in [9.17, 15) is 4.79 Å². The summed E-state index contributed by atoms with van der Waals surface area (Å²) < 4.78 is 5.48. The van der Waals surface area contributed by atoms with Gasteiger partial charge in [0.25, 0.3) is 0 Å². The number of hydrogen-bond acceptors (Lipinski definition) is 2. The molecule has 2 heteroatoms. The number of allylic oxidation sites excluding steroid dienone is 2. The molecule has 2 nitrogen and oxygen atoms in total. The van der Waals surface area contributed by atoms with E-state index >= 15 is 0 Å². The van der Waals surface area contributed by atoms with Crippen molar-refractivity contribution in [2.24, 2.45) is 0 Å². The first-order chi connectivity index (χ1) is 28.8. The molecule has 0 aromatic carbocycles. The minimum atomic E-state index is 0.0209. The third-order valence-corrected chi connectivity index (χ3v) is 12.9. The Bertz CT molecular complexity index is 758. The second-order valence-electron chi connectivity index (χ2n) is 18.9. The molecule has 0 saturated heterocycles. The highest BCUT2D eigenvalue weighted by Gasteiger charge is 2.03. The lowest BCUT2D eigenvalue weighted by atomic mass is 10.0. The molecule has 0 aromatic heterocycles. The zero-order valence-electron chi connectivity index (χ0n) is 40.5. The van der Waals surface area contributed by atoms with E-state index in [1.54, 1.807) is 0 Å².